The lowest BCUT2D eigenvalue weighted by molar-refractivity contribution is -0.144. The van der Waals surface area contributed by atoms with E-state index in [0.29, 0.717) is 25.9 Å². The molecule has 1 amide bonds. The largest absolute Gasteiger partial charge is 0.497 e. The molecule has 1 aliphatic rings. The molecule has 0 unspecified atom stereocenters. The van der Waals surface area contributed by atoms with Gasteiger partial charge in [-0.15, -0.1) is 0 Å². The van der Waals surface area contributed by atoms with Gasteiger partial charge >= 0.3 is 0 Å². The topological polar surface area (TPSA) is 49.8 Å². The van der Waals surface area contributed by atoms with Gasteiger partial charge in [0.25, 0.3) is 0 Å². The summed E-state index contributed by atoms with van der Waals surface area (Å²) in [6.45, 7) is 6.96. The van der Waals surface area contributed by atoms with Gasteiger partial charge < -0.3 is 14.7 Å². The number of carbonyl (C=O) groups is 1. The summed E-state index contributed by atoms with van der Waals surface area (Å²) in [4.78, 5) is 14.1. The van der Waals surface area contributed by atoms with Crippen LogP contribution in [-0.2, 0) is 10.4 Å². The summed E-state index contributed by atoms with van der Waals surface area (Å²) >= 11 is 0. The highest BCUT2D eigenvalue weighted by molar-refractivity contribution is 5.81. The van der Waals surface area contributed by atoms with E-state index in [1.165, 1.54) is 0 Å². The van der Waals surface area contributed by atoms with Crippen LogP contribution in [0.3, 0.4) is 0 Å². The minimum absolute atomic E-state index is 0.148. The molecule has 1 N–H and O–H groups in total. The molecular formula is C17H25NO3. The molecule has 1 saturated heterocycles. The molecule has 116 valence electrons. The molecule has 0 aromatic heterocycles. The van der Waals surface area contributed by atoms with E-state index in [1.807, 2.05) is 49.9 Å². The van der Waals surface area contributed by atoms with Gasteiger partial charge in [-0.1, -0.05) is 32.9 Å². The number of rotatable bonds is 2. The number of piperidine rings is 1. The first-order chi connectivity index (χ1) is 9.76. The first-order valence-corrected chi connectivity index (χ1v) is 7.42. The number of methoxy groups -OCH3 is 1. The summed E-state index contributed by atoms with van der Waals surface area (Å²) in [7, 11) is 1.62. The van der Waals surface area contributed by atoms with Gasteiger partial charge in [0, 0.05) is 18.5 Å². The van der Waals surface area contributed by atoms with Gasteiger partial charge in [0.05, 0.1) is 12.7 Å². The summed E-state index contributed by atoms with van der Waals surface area (Å²) in [5, 5.41) is 10.9. The van der Waals surface area contributed by atoms with Crippen LogP contribution < -0.4 is 4.74 Å². The fraction of sp³-hybridized carbons (Fsp3) is 0.588. The Labute approximate surface area is 126 Å². The molecule has 1 aromatic carbocycles. The van der Waals surface area contributed by atoms with Crippen LogP contribution in [0.1, 0.15) is 39.2 Å². The molecule has 0 bridgehead atoms. The standard InChI is InChI=1S/C17H25NO3/c1-16(2,3)15(19)18-10-8-17(20,9-11-18)13-6-5-7-14(12-13)21-4/h5-7,12,20H,8-11H2,1-4H3. The number of aliphatic hydroxyl groups is 1. The third kappa shape index (κ3) is 3.38. The number of hydrogen-bond donors (Lipinski definition) is 1. The molecule has 0 spiro atoms. The molecule has 1 aliphatic heterocycles. The van der Waals surface area contributed by atoms with E-state index in [2.05, 4.69) is 0 Å². The van der Waals surface area contributed by atoms with Crippen LogP contribution >= 0.6 is 0 Å². The average molecular weight is 291 g/mol. The van der Waals surface area contributed by atoms with Gasteiger partial charge in [-0.05, 0) is 30.5 Å². The second kappa shape index (κ2) is 5.68. The van der Waals surface area contributed by atoms with E-state index >= 15 is 0 Å². The lowest BCUT2D eigenvalue weighted by Gasteiger charge is -2.40. The third-order valence-electron chi connectivity index (χ3n) is 4.13. The zero-order chi connectivity index (χ0) is 15.7. The number of likely N-dealkylation sites (tertiary alicyclic amines) is 1. The van der Waals surface area contributed by atoms with Crippen molar-refractivity contribution in [3.8, 4) is 5.75 Å². The number of amides is 1. The Kier molecular flexibility index (Phi) is 4.28. The Morgan fingerprint density at radius 3 is 2.43 bits per heavy atom. The first-order valence-electron chi connectivity index (χ1n) is 7.42. The van der Waals surface area contributed by atoms with Crippen molar-refractivity contribution in [2.75, 3.05) is 20.2 Å². The summed E-state index contributed by atoms with van der Waals surface area (Å²) in [6.07, 6.45) is 1.12. The predicted molar refractivity (Wildman–Crippen MR) is 82.2 cm³/mol. The van der Waals surface area contributed by atoms with Gasteiger partial charge in [-0.25, -0.2) is 0 Å². The lowest BCUT2D eigenvalue weighted by Crippen LogP contribution is -2.48. The minimum Gasteiger partial charge on any atom is -0.497 e. The fourth-order valence-electron chi connectivity index (χ4n) is 2.76. The molecule has 1 aromatic rings. The van der Waals surface area contributed by atoms with Crippen LogP contribution in [0, 0.1) is 5.41 Å². The van der Waals surface area contributed by atoms with Crippen LogP contribution in [0.25, 0.3) is 0 Å². The minimum atomic E-state index is -0.872. The molecule has 4 nitrogen and oxygen atoms in total. The maximum atomic E-state index is 12.3. The molecule has 4 heteroatoms. The van der Waals surface area contributed by atoms with Gasteiger partial charge in [-0.3, -0.25) is 4.79 Å². The molecule has 1 heterocycles. The van der Waals surface area contributed by atoms with Crippen molar-refractivity contribution >= 4 is 5.91 Å². The summed E-state index contributed by atoms with van der Waals surface area (Å²) in [5.41, 5.74) is -0.376. The summed E-state index contributed by atoms with van der Waals surface area (Å²) in [6, 6.07) is 7.55. The van der Waals surface area contributed by atoms with Crippen LogP contribution in [0.2, 0.25) is 0 Å². The van der Waals surface area contributed by atoms with E-state index in [1.54, 1.807) is 7.11 Å². The molecule has 0 atom stereocenters. The van der Waals surface area contributed by atoms with Crippen molar-refractivity contribution in [1.82, 2.24) is 4.90 Å². The Balaban J connectivity index is 2.10. The third-order valence-corrected chi connectivity index (χ3v) is 4.13. The first kappa shape index (κ1) is 15.8. The molecule has 0 aliphatic carbocycles. The Morgan fingerprint density at radius 1 is 1.29 bits per heavy atom. The fourth-order valence-corrected chi connectivity index (χ4v) is 2.76. The van der Waals surface area contributed by atoms with Crippen molar-refractivity contribution in [2.45, 2.75) is 39.2 Å². The Morgan fingerprint density at radius 2 is 1.90 bits per heavy atom. The van der Waals surface area contributed by atoms with Gasteiger partial charge in [0.15, 0.2) is 0 Å². The molecule has 2 rings (SSSR count). The van der Waals surface area contributed by atoms with Crippen LogP contribution in [0.15, 0.2) is 24.3 Å². The number of hydrogen-bond acceptors (Lipinski definition) is 3. The Hall–Kier alpha value is -1.55. The lowest BCUT2D eigenvalue weighted by atomic mass is 9.83. The molecule has 1 fully saturated rings. The second-order valence-electron chi connectivity index (χ2n) is 6.81. The summed E-state index contributed by atoms with van der Waals surface area (Å²) < 4.78 is 5.22. The Bertz CT molecular complexity index is 511. The van der Waals surface area contributed by atoms with Crippen molar-refractivity contribution in [3.63, 3.8) is 0 Å². The molecular weight excluding hydrogens is 266 g/mol. The van der Waals surface area contributed by atoms with E-state index < -0.39 is 5.60 Å². The van der Waals surface area contributed by atoms with Crippen LogP contribution in [-0.4, -0.2) is 36.1 Å². The highest BCUT2D eigenvalue weighted by Gasteiger charge is 2.37. The number of benzene rings is 1. The average Bonchev–Trinajstić information content (AvgIpc) is 2.46. The quantitative estimate of drug-likeness (QED) is 0.911. The smallest absolute Gasteiger partial charge is 0.227 e. The zero-order valence-corrected chi connectivity index (χ0v) is 13.3. The number of ether oxygens (including phenoxy) is 1. The predicted octanol–water partition coefficient (Wildman–Crippen LogP) is 2.55. The van der Waals surface area contributed by atoms with E-state index in [4.69, 9.17) is 4.74 Å². The van der Waals surface area contributed by atoms with E-state index in [-0.39, 0.29) is 11.3 Å². The highest BCUT2D eigenvalue weighted by Crippen LogP contribution is 2.35. The van der Waals surface area contributed by atoms with Crippen LogP contribution in [0.4, 0.5) is 0 Å². The van der Waals surface area contributed by atoms with Crippen molar-refractivity contribution < 1.29 is 14.6 Å². The number of nitrogens with zero attached hydrogens (tertiary/aromatic N) is 1. The van der Waals surface area contributed by atoms with Crippen molar-refractivity contribution in [3.05, 3.63) is 29.8 Å². The van der Waals surface area contributed by atoms with Crippen molar-refractivity contribution in [2.24, 2.45) is 5.41 Å². The zero-order valence-electron chi connectivity index (χ0n) is 13.3. The van der Waals surface area contributed by atoms with E-state index in [0.717, 1.165) is 11.3 Å². The number of carbonyl (C=O) groups excluding carboxylic acids is 1. The molecule has 0 saturated carbocycles. The van der Waals surface area contributed by atoms with E-state index in [9.17, 15) is 9.90 Å². The van der Waals surface area contributed by atoms with Gasteiger partial charge in [-0.2, -0.15) is 0 Å². The molecule has 21 heavy (non-hydrogen) atoms. The normalized spacial score (nSPS) is 18.4. The highest BCUT2D eigenvalue weighted by atomic mass is 16.5. The van der Waals surface area contributed by atoms with Crippen molar-refractivity contribution in [1.29, 1.82) is 0 Å². The monoisotopic (exact) mass is 291 g/mol. The SMILES string of the molecule is COc1cccc(C2(O)CCN(C(=O)C(C)(C)C)CC2)c1. The van der Waals surface area contributed by atoms with Gasteiger partial charge in [0.2, 0.25) is 5.91 Å². The van der Waals surface area contributed by atoms with Gasteiger partial charge in [0.1, 0.15) is 5.75 Å². The second-order valence-corrected chi connectivity index (χ2v) is 6.81. The summed E-state index contributed by atoms with van der Waals surface area (Å²) in [5.74, 6) is 0.893. The maximum Gasteiger partial charge on any atom is 0.227 e. The molecule has 0 radical (unpaired) electrons. The van der Waals surface area contributed by atoms with Crippen LogP contribution in [0.5, 0.6) is 5.75 Å². The maximum absolute atomic E-state index is 12.3.